The Morgan fingerprint density at radius 2 is 1.91 bits per heavy atom. The van der Waals surface area contributed by atoms with E-state index in [2.05, 4.69) is 20.5 Å². The number of aromatic nitrogens is 3. The first-order valence-corrected chi connectivity index (χ1v) is 13.2. The van der Waals surface area contributed by atoms with Crippen molar-refractivity contribution < 1.29 is 12.8 Å². The molecule has 0 aliphatic carbocycles. The van der Waals surface area contributed by atoms with Gasteiger partial charge in [0.2, 0.25) is 16.0 Å². The van der Waals surface area contributed by atoms with Crippen molar-refractivity contribution in [2.24, 2.45) is 5.41 Å². The minimum atomic E-state index is -3.35. The SMILES string of the molecule is Cc1cc2cnc(Nc3cc4c(cc3F)CN(S(C)(=O)=O)C4)nc2c(N2CC3(CCNC3)C2)n1. The molecule has 1 aromatic carbocycles. The highest BCUT2D eigenvalue weighted by molar-refractivity contribution is 7.88. The van der Waals surface area contributed by atoms with Gasteiger partial charge in [-0.3, -0.25) is 0 Å². The molecule has 5 heterocycles. The molecule has 3 aliphatic rings. The fourth-order valence-corrected chi connectivity index (χ4v) is 6.00. The van der Waals surface area contributed by atoms with E-state index in [4.69, 9.17) is 9.97 Å². The van der Waals surface area contributed by atoms with E-state index in [1.165, 1.54) is 16.8 Å². The lowest BCUT2D eigenvalue weighted by atomic mass is 9.79. The van der Waals surface area contributed by atoms with Gasteiger partial charge >= 0.3 is 0 Å². The number of nitrogens with one attached hydrogen (secondary N) is 2. The van der Waals surface area contributed by atoms with Gasteiger partial charge in [-0.1, -0.05) is 0 Å². The summed E-state index contributed by atoms with van der Waals surface area (Å²) in [5.41, 5.74) is 3.60. The van der Waals surface area contributed by atoms with Crippen molar-refractivity contribution in [2.45, 2.75) is 26.4 Å². The van der Waals surface area contributed by atoms with Gasteiger partial charge in [-0.25, -0.2) is 27.8 Å². The third-order valence-corrected chi connectivity index (χ3v) is 8.25. The number of aryl methyl sites for hydroxylation is 1. The number of sulfonamides is 1. The second-order valence-electron chi connectivity index (χ2n) is 9.76. The maximum Gasteiger partial charge on any atom is 0.227 e. The van der Waals surface area contributed by atoms with Crippen molar-refractivity contribution in [1.29, 1.82) is 0 Å². The first-order valence-electron chi connectivity index (χ1n) is 11.3. The third-order valence-electron chi connectivity index (χ3n) is 7.06. The summed E-state index contributed by atoms with van der Waals surface area (Å²) in [5.74, 6) is 0.628. The van der Waals surface area contributed by atoms with Crippen molar-refractivity contribution in [2.75, 3.05) is 42.7 Å². The first-order chi connectivity index (χ1) is 16.2. The Morgan fingerprint density at radius 3 is 2.62 bits per heavy atom. The van der Waals surface area contributed by atoms with Crippen LogP contribution in [0, 0.1) is 18.2 Å². The Kier molecular flexibility index (Phi) is 4.81. The van der Waals surface area contributed by atoms with Gasteiger partial charge in [0.05, 0.1) is 11.9 Å². The molecule has 0 radical (unpaired) electrons. The minimum Gasteiger partial charge on any atom is -0.353 e. The van der Waals surface area contributed by atoms with Crippen LogP contribution in [0.3, 0.4) is 0 Å². The Labute approximate surface area is 197 Å². The van der Waals surface area contributed by atoms with E-state index in [0.29, 0.717) is 11.0 Å². The van der Waals surface area contributed by atoms with Crippen LogP contribution in [0.15, 0.2) is 24.4 Å². The maximum absolute atomic E-state index is 14.8. The zero-order valence-corrected chi connectivity index (χ0v) is 19.9. The molecule has 178 valence electrons. The molecule has 34 heavy (non-hydrogen) atoms. The molecule has 0 unspecified atom stereocenters. The summed E-state index contributed by atoms with van der Waals surface area (Å²) in [5, 5.41) is 7.33. The number of hydrogen-bond acceptors (Lipinski definition) is 8. The highest BCUT2D eigenvalue weighted by atomic mass is 32.2. The Balaban J connectivity index is 1.30. The van der Waals surface area contributed by atoms with Gasteiger partial charge in [-0.2, -0.15) is 4.31 Å². The highest BCUT2D eigenvalue weighted by Crippen LogP contribution is 2.40. The fraction of sp³-hybridized carbons (Fsp3) is 0.435. The van der Waals surface area contributed by atoms with Crippen LogP contribution in [-0.2, 0) is 23.1 Å². The molecule has 3 aliphatic heterocycles. The number of benzene rings is 1. The lowest BCUT2D eigenvalue weighted by molar-refractivity contribution is 0.242. The molecule has 0 atom stereocenters. The Morgan fingerprint density at radius 1 is 1.15 bits per heavy atom. The van der Waals surface area contributed by atoms with Crippen LogP contribution in [0.2, 0.25) is 0 Å². The predicted octanol–water partition coefficient (Wildman–Crippen LogP) is 2.29. The lowest BCUT2D eigenvalue weighted by Gasteiger charge is -2.48. The molecule has 3 aromatic rings. The van der Waals surface area contributed by atoms with Gasteiger partial charge in [0.15, 0.2) is 5.82 Å². The number of rotatable bonds is 4. The van der Waals surface area contributed by atoms with Crippen LogP contribution in [0.25, 0.3) is 10.9 Å². The number of pyridine rings is 1. The summed E-state index contributed by atoms with van der Waals surface area (Å²) in [7, 11) is -3.35. The average Bonchev–Trinajstić information content (AvgIpc) is 3.40. The normalized spacial score (nSPS) is 19.6. The van der Waals surface area contributed by atoms with Gasteiger partial charge in [-0.05, 0) is 49.2 Å². The van der Waals surface area contributed by atoms with E-state index in [-0.39, 0.29) is 24.7 Å². The van der Waals surface area contributed by atoms with E-state index >= 15 is 0 Å². The number of hydrogen-bond donors (Lipinski definition) is 2. The maximum atomic E-state index is 14.8. The standard InChI is InChI=1S/C23H26FN7O2S/c1-14-5-15-8-26-22(29-20(15)21(27-14)30-12-23(13-30)3-4-25-11-23)28-19-7-17-10-31(34(2,32)33)9-16(17)6-18(19)24/h5-8,25H,3-4,9-13H2,1-2H3,(H,26,28,29). The number of nitrogens with zero attached hydrogens (tertiary/aromatic N) is 5. The van der Waals surface area contributed by atoms with Crippen LogP contribution in [0.5, 0.6) is 0 Å². The fourth-order valence-electron chi connectivity index (χ4n) is 5.25. The molecule has 11 heteroatoms. The van der Waals surface area contributed by atoms with Crippen LogP contribution in [-0.4, -0.2) is 60.1 Å². The number of fused-ring (bicyclic) bond motifs is 2. The molecule has 9 nitrogen and oxygen atoms in total. The average molecular weight is 484 g/mol. The van der Waals surface area contributed by atoms with Crippen molar-refractivity contribution in [3.8, 4) is 0 Å². The molecular weight excluding hydrogens is 457 g/mol. The monoisotopic (exact) mass is 483 g/mol. The van der Waals surface area contributed by atoms with Crippen molar-refractivity contribution in [3.63, 3.8) is 0 Å². The summed E-state index contributed by atoms with van der Waals surface area (Å²) in [6.07, 6.45) is 4.06. The summed E-state index contributed by atoms with van der Waals surface area (Å²) < 4.78 is 40.0. The van der Waals surface area contributed by atoms with Gasteiger partial charge in [0, 0.05) is 55.4 Å². The lowest BCUT2D eigenvalue weighted by Crippen LogP contribution is -2.58. The second-order valence-corrected chi connectivity index (χ2v) is 11.7. The van der Waals surface area contributed by atoms with E-state index in [1.54, 1.807) is 12.3 Å². The molecule has 2 fully saturated rings. The van der Waals surface area contributed by atoms with Crippen LogP contribution >= 0.6 is 0 Å². The topological polar surface area (TPSA) is 103 Å². The highest BCUT2D eigenvalue weighted by Gasteiger charge is 2.46. The molecule has 2 N–H and O–H groups in total. The quantitative estimate of drug-likeness (QED) is 0.583. The zero-order valence-electron chi connectivity index (χ0n) is 19.1. The second kappa shape index (κ2) is 7.56. The van der Waals surface area contributed by atoms with Crippen molar-refractivity contribution in [3.05, 3.63) is 47.0 Å². The smallest absolute Gasteiger partial charge is 0.227 e. The molecule has 0 saturated carbocycles. The minimum absolute atomic E-state index is 0.180. The number of anilines is 3. The predicted molar refractivity (Wildman–Crippen MR) is 128 cm³/mol. The van der Waals surface area contributed by atoms with Gasteiger partial charge in [-0.15, -0.1) is 0 Å². The molecule has 2 aromatic heterocycles. The summed E-state index contributed by atoms with van der Waals surface area (Å²) in [4.78, 5) is 16.1. The van der Waals surface area contributed by atoms with Crippen LogP contribution in [0.4, 0.5) is 21.8 Å². The summed E-state index contributed by atoms with van der Waals surface area (Å²) in [6.45, 7) is 6.33. The molecule has 0 amide bonds. The number of halogens is 1. The van der Waals surface area contributed by atoms with Crippen molar-refractivity contribution >= 4 is 38.4 Å². The van der Waals surface area contributed by atoms with E-state index in [9.17, 15) is 12.8 Å². The van der Waals surface area contributed by atoms with Gasteiger partial charge in [0.25, 0.3) is 0 Å². The van der Waals surface area contributed by atoms with Crippen molar-refractivity contribution in [1.82, 2.24) is 24.6 Å². The van der Waals surface area contributed by atoms with Gasteiger partial charge < -0.3 is 15.5 Å². The van der Waals surface area contributed by atoms with E-state index in [1.807, 2.05) is 13.0 Å². The zero-order chi connectivity index (χ0) is 23.7. The molecule has 1 spiro atoms. The largest absolute Gasteiger partial charge is 0.353 e. The molecule has 2 saturated heterocycles. The molecule has 0 bridgehead atoms. The van der Waals surface area contributed by atoms with Gasteiger partial charge in [0.1, 0.15) is 11.3 Å². The summed E-state index contributed by atoms with van der Waals surface area (Å²) >= 11 is 0. The van der Waals surface area contributed by atoms with E-state index in [0.717, 1.165) is 60.4 Å². The molecular formula is C23H26FN7O2S. The third kappa shape index (κ3) is 3.68. The Hall–Kier alpha value is -2.89. The van der Waals surface area contributed by atoms with Crippen LogP contribution in [0.1, 0.15) is 23.2 Å². The molecule has 6 rings (SSSR count). The Bertz CT molecular complexity index is 1410. The van der Waals surface area contributed by atoms with Crippen LogP contribution < -0.4 is 15.5 Å². The summed E-state index contributed by atoms with van der Waals surface area (Å²) in [6, 6.07) is 4.98. The first kappa shape index (κ1) is 21.6. The van der Waals surface area contributed by atoms with E-state index < -0.39 is 15.8 Å².